The lowest BCUT2D eigenvalue weighted by Gasteiger charge is -2.27. The Labute approximate surface area is 145 Å². The third-order valence-electron chi connectivity index (χ3n) is 4.36. The number of carbonyl (C=O) groups excluding carboxylic acids is 2. The Morgan fingerprint density at radius 1 is 1.08 bits per heavy atom. The average Bonchev–Trinajstić information content (AvgIpc) is 2.80. The number of hydrogen-bond donors (Lipinski definition) is 3. The Morgan fingerprint density at radius 3 is 2.38 bits per heavy atom. The zero-order valence-electron chi connectivity index (χ0n) is 14.2. The summed E-state index contributed by atoms with van der Waals surface area (Å²) in [6, 6.07) is 5.33. The number of carbonyl (C=O) groups is 2. The van der Waals surface area contributed by atoms with Gasteiger partial charge in [0.15, 0.2) is 0 Å². The summed E-state index contributed by atoms with van der Waals surface area (Å²) in [5.41, 5.74) is 5.05. The van der Waals surface area contributed by atoms with Gasteiger partial charge in [-0.2, -0.15) is 0 Å². The minimum atomic E-state index is -0.568. The molecule has 0 aliphatic carbocycles. The lowest BCUT2D eigenvalue weighted by Crippen LogP contribution is -2.41. The van der Waals surface area contributed by atoms with E-state index >= 15 is 0 Å². The lowest BCUT2D eigenvalue weighted by molar-refractivity contribution is -0.122. The molecule has 0 bridgehead atoms. The Bertz CT molecular complexity index is 806. The van der Waals surface area contributed by atoms with Crippen LogP contribution in [0.2, 0.25) is 0 Å². The molecule has 2 amide bonds. The Kier molecular flexibility index (Phi) is 4.32. The minimum Gasteiger partial charge on any atom is -0.372 e. The topological polar surface area (TPSA) is 70.2 Å². The fourth-order valence-electron chi connectivity index (χ4n) is 2.66. The van der Waals surface area contributed by atoms with Gasteiger partial charge >= 0.3 is 0 Å². The molecular formula is C18H21N3O2S. The van der Waals surface area contributed by atoms with Crippen LogP contribution in [-0.2, 0) is 9.59 Å². The third-order valence-corrected chi connectivity index (χ3v) is 5.42. The molecule has 2 aromatic rings. The smallest absolute Gasteiger partial charge is 0.247 e. The summed E-state index contributed by atoms with van der Waals surface area (Å²) in [6.07, 6.45) is 0.0915. The lowest BCUT2D eigenvalue weighted by atomic mass is 10.0. The molecule has 6 heteroatoms. The van der Waals surface area contributed by atoms with Crippen LogP contribution >= 0.6 is 11.3 Å². The zero-order valence-corrected chi connectivity index (χ0v) is 15.1. The second-order valence-electron chi connectivity index (χ2n) is 6.27. The average molecular weight is 343 g/mol. The fraction of sp³-hybridized carbons (Fsp3) is 0.333. The van der Waals surface area contributed by atoms with E-state index in [-0.39, 0.29) is 18.2 Å². The summed E-state index contributed by atoms with van der Waals surface area (Å²) >= 11 is 1.54. The first-order valence-corrected chi connectivity index (χ1v) is 8.70. The predicted octanol–water partition coefficient (Wildman–Crippen LogP) is 3.74. The van der Waals surface area contributed by atoms with Crippen molar-refractivity contribution in [3.05, 3.63) is 39.8 Å². The van der Waals surface area contributed by atoms with Crippen LogP contribution in [0.5, 0.6) is 0 Å². The normalized spacial score (nSPS) is 16.2. The first-order valence-electron chi connectivity index (χ1n) is 7.89. The number of aryl methyl sites for hydroxylation is 4. The maximum atomic E-state index is 12.3. The highest BCUT2D eigenvalue weighted by molar-refractivity contribution is 7.16. The molecule has 0 spiro atoms. The number of nitrogens with one attached hydrogen (secondary N) is 3. The van der Waals surface area contributed by atoms with E-state index < -0.39 is 6.04 Å². The maximum Gasteiger partial charge on any atom is 0.247 e. The van der Waals surface area contributed by atoms with Gasteiger partial charge in [0, 0.05) is 4.88 Å². The van der Waals surface area contributed by atoms with E-state index in [4.69, 9.17) is 0 Å². The molecule has 1 atom stereocenters. The van der Waals surface area contributed by atoms with Crippen LogP contribution in [0.15, 0.2) is 18.2 Å². The molecule has 126 valence electrons. The molecule has 0 saturated carbocycles. The molecule has 5 nitrogen and oxygen atoms in total. The van der Waals surface area contributed by atoms with E-state index in [1.54, 1.807) is 11.3 Å². The highest BCUT2D eigenvalue weighted by atomic mass is 32.1. The van der Waals surface area contributed by atoms with Gasteiger partial charge in [-0.05, 0) is 62.6 Å². The van der Waals surface area contributed by atoms with Crippen molar-refractivity contribution in [3.63, 3.8) is 0 Å². The molecule has 0 saturated heterocycles. The Morgan fingerprint density at radius 2 is 1.75 bits per heavy atom. The number of benzene rings is 1. The van der Waals surface area contributed by atoms with E-state index in [0.29, 0.717) is 0 Å². The number of amides is 2. The van der Waals surface area contributed by atoms with E-state index in [1.807, 2.05) is 45.9 Å². The van der Waals surface area contributed by atoms with Crippen LogP contribution in [0.1, 0.15) is 28.0 Å². The van der Waals surface area contributed by atoms with Gasteiger partial charge in [0.2, 0.25) is 11.8 Å². The van der Waals surface area contributed by atoms with Crippen molar-refractivity contribution in [2.45, 2.75) is 40.2 Å². The van der Waals surface area contributed by atoms with E-state index in [9.17, 15) is 9.59 Å². The zero-order chi connectivity index (χ0) is 17.4. The standard InChI is InChI=1S/C18H21N3O2S/c1-9-5-13-14(6-10(9)2)20-18(23)15(19-13)8-16(22)21-17-7-11(3)12(4)24-17/h5-7,15,19H,8H2,1-4H3,(H,20,23)(H,21,22). The number of fused-ring (bicyclic) bond motifs is 1. The van der Waals surface area contributed by atoms with E-state index in [1.165, 1.54) is 4.88 Å². The van der Waals surface area contributed by atoms with Crippen molar-refractivity contribution in [2.24, 2.45) is 0 Å². The third kappa shape index (κ3) is 3.28. The minimum absolute atomic E-state index is 0.0915. The summed E-state index contributed by atoms with van der Waals surface area (Å²) in [5, 5.41) is 9.75. The summed E-state index contributed by atoms with van der Waals surface area (Å²) in [5.74, 6) is -0.351. The van der Waals surface area contributed by atoms with Crippen molar-refractivity contribution < 1.29 is 9.59 Å². The highest BCUT2D eigenvalue weighted by Gasteiger charge is 2.28. The summed E-state index contributed by atoms with van der Waals surface area (Å²) in [7, 11) is 0. The van der Waals surface area contributed by atoms with E-state index in [0.717, 1.165) is 33.1 Å². The SMILES string of the molecule is Cc1cc2c(cc1C)NC(CC(=O)Nc1cc(C)c(C)s1)C(=O)N2. The quantitative estimate of drug-likeness (QED) is 0.795. The van der Waals surface area contributed by atoms with Gasteiger partial charge in [-0.3, -0.25) is 9.59 Å². The summed E-state index contributed by atoms with van der Waals surface area (Å²) in [4.78, 5) is 25.7. The molecular weight excluding hydrogens is 322 g/mol. The van der Waals surface area contributed by atoms with Crippen molar-refractivity contribution >= 4 is 39.5 Å². The highest BCUT2D eigenvalue weighted by Crippen LogP contribution is 2.31. The summed E-state index contributed by atoms with van der Waals surface area (Å²) < 4.78 is 0. The molecule has 0 fully saturated rings. The molecule has 1 aromatic heterocycles. The largest absolute Gasteiger partial charge is 0.372 e. The first-order chi connectivity index (χ1) is 11.3. The molecule has 1 aliphatic heterocycles. The van der Waals surface area contributed by atoms with Gasteiger partial charge in [0.1, 0.15) is 6.04 Å². The second-order valence-corrected chi connectivity index (χ2v) is 7.53. The molecule has 3 N–H and O–H groups in total. The molecule has 1 unspecified atom stereocenters. The number of thiophene rings is 1. The number of hydrogen-bond acceptors (Lipinski definition) is 4. The van der Waals surface area contributed by atoms with E-state index in [2.05, 4.69) is 16.0 Å². The van der Waals surface area contributed by atoms with Crippen molar-refractivity contribution in [1.29, 1.82) is 0 Å². The van der Waals surface area contributed by atoms with Crippen LogP contribution in [-0.4, -0.2) is 17.9 Å². The monoisotopic (exact) mass is 343 g/mol. The van der Waals surface area contributed by atoms with Crippen LogP contribution in [0.25, 0.3) is 0 Å². The van der Waals surface area contributed by atoms with Crippen molar-refractivity contribution in [2.75, 3.05) is 16.0 Å². The number of rotatable bonds is 3. The maximum absolute atomic E-state index is 12.3. The van der Waals surface area contributed by atoms with Crippen LogP contribution in [0.4, 0.5) is 16.4 Å². The van der Waals surface area contributed by atoms with Gasteiger partial charge in [0.05, 0.1) is 22.8 Å². The Balaban J connectivity index is 1.69. The second kappa shape index (κ2) is 6.28. The first kappa shape index (κ1) is 16.5. The van der Waals surface area contributed by atoms with Gasteiger partial charge in [-0.25, -0.2) is 0 Å². The van der Waals surface area contributed by atoms with Crippen molar-refractivity contribution in [1.82, 2.24) is 0 Å². The Hall–Kier alpha value is -2.34. The van der Waals surface area contributed by atoms with Gasteiger partial charge in [0.25, 0.3) is 0 Å². The van der Waals surface area contributed by atoms with Crippen LogP contribution in [0.3, 0.4) is 0 Å². The molecule has 1 aliphatic rings. The van der Waals surface area contributed by atoms with Gasteiger partial charge in [-0.15, -0.1) is 11.3 Å². The van der Waals surface area contributed by atoms with Crippen LogP contribution < -0.4 is 16.0 Å². The summed E-state index contributed by atoms with van der Waals surface area (Å²) in [6.45, 7) is 8.06. The van der Waals surface area contributed by atoms with Crippen LogP contribution in [0, 0.1) is 27.7 Å². The molecule has 2 heterocycles. The molecule has 0 radical (unpaired) electrons. The predicted molar refractivity (Wildman–Crippen MR) is 99.0 cm³/mol. The molecule has 1 aromatic carbocycles. The molecule has 3 rings (SSSR count). The van der Waals surface area contributed by atoms with Gasteiger partial charge in [-0.1, -0.05) is 0 Å². The fourth-order valence-corrected chi connectivity index (χ4v) is 3.61. The number of anilines is 3. The van der Waals surface area contributed by atoms with Crippen molar-refractivity contribution in [3.8, 4) is 0 Å². The van der Waals surface area contributed by atoms with Gasteiger partial charge < -0.3 is 16.0 Å². The molecule has 24 heavy (non-hydrogen) atoms.